The van der Waals surface area contributed by atoms with E-state index in [9.17, 15) is 9.90 Å². The minimum Gasteiger partial charge on any atom is -0.386 e. The van der Waals surface area contributed by atoms with Crippen molar-refractivity contribution in [2.75, 3.05) is 19.0 Å². The number of ether oxygens (including phenoxy) is 1. The van der Waals surface area contributed by atoms with E-state index in [-0.39, 0.29) is 18.4 Å². The van der Waals surface area contributed by atoms with E-state index in [0.717, 1.165) is 28.8 Å². The smallest absolute Gasteiger partial charge is 0.231 e. The van der Waals surface area contributed by atoms with E-state index >= 15 is 0 Å². The van der Waals surface area contributed by atoms with Crippen LogP contribution >= 0.6 is 0 Å². The van der Waals surface area contributed by atoms with Crippen molar-refractivity contribution in [2.24, 2.45) is 0 Å². The van der Waals surface area contributed by atoms with E-state index < -0.39 is 6.10 Å². The number of anilines is 1. The molecule has 4 heteroatoms. The molecule has 0 bridgehead atoms. The third-order valence-corrected chi connectivity index (χ3v) is 3.46. The van der Waals surface area contributed by atoms with Crippen LogP contribution in [0, 0.1) is 0 Å². The Kier molecular flexibility index (Phi) is 3.68. The number of carbonyl (C=O) groups excluding carboxylic acids is 1. The van der Waals surface area contributed by atoms with Crippen molar-refractivity contribution >= 4 is 11.6 Å². The summed E-state index contributed by atoms with van der Waals surface area (Å²) in [5, 5.41) is 13.0. The predicted octanol–water partition coefficient (Wildman–Crippen LogP) is 1.98. The molecule has 2 atom stereocenters. The van der Waals surface area contributed by atoms with Gasteiger partial charge < -0.3 is 15.2 Å². The van der Waals surface area contributed by atoms with Gasteiger partial charge in [0, 0.05) is 12.7 Å². The zero-order chi connectivity index (χ0) is 13.3. The van der Waals surface area contributed by atoms with Gasteiger partial charge in [-0.15, -0.1) is 0 Å². The molecule has 0 aliphatic carbocycles. The summed E-state index contributed by atoms with van der Waals surface area (Å²) < 4.78 is 4.98. The second-order valence-corrected chi connectivity index (χ2v) is 4.68. The minimum atomic E-state index is -0.708. The number of hydrogen-bond acceptors (Lipinski definition) is 3. The van der Waals surface area contributed by atoms with E-state index in [2.05, 4.69) is 12.2 Å². The number of aliphatic hydroxyl groups excluding tert-OH is 1. The Morgan fingerprint density at radius 2 is 2.22 bits per heavy atom. The molecule has 0 aromatic heterocycles. The number of methoxy groups -OCH3 is 1. The Hall–Kier alpha value is -1.39. The maximum Gasteiger partial charge on any atom is 0.231 e. The van der Waals surface area contributed by atoms with Crippen molar-refractivity contribution in [3.05, 3.63) is 28.8 Å². The number of aryl methyl sites for hydroxylation is 1. The zero-order valence-corrected chi connectivity index (χ0v) is 11.0. The molecule has 0 fully saturated rings. The lowest BCUT2D eigenvalue weighted by molar-refractivity contribution is -0.116. The van der Waals surface area contributed by atoms with E-state index in [4.69, 9.17) is 4.74 Å². The summed E-state index contributed by atoms with van der Waals surface area (Å²) in [5.74, 6) is -0.163. The fourth-order valence-corrected chi connectivity index (χ4v) is 2.33. The van der Waals surface area contributed by atoms with Crippen LogP contribution in [0.15, 0.2) is 12.1 Å². The Morgan fingerprint density at radius 1 is 1.50 bits per heavy atom. The second kappa shape index (κ2) is 5.08. The van der Waals surface area contributed by atoms with Crippen molar-refractivity contribution in [2.45, 2.75) is 32.3 Å². The van der Waals surface area contributed by atoms with Crippen LogP contribution in [0.2, 0.25) is 0 Å². The molecular formula is C14H19NO3. The predicted molar refractivity (Wildman–Crippen MR) is 69.7 cm³/mol. The molecule has 0 saturated carbocycles. The third-order valence-electron chi connectivity index (χ3n) is 3.46. The van der Waals surface area contributed by atoms with E-state index in [1.807, 2.05) is 19.1 Å². The fourth-order valence-electron chi connectivity index (χ4n) is 2.33. The molecule has 2 unspecified atom stereocenters. The number of amides is 1. The second-order valence-electron chi connectivity index (χ2n) is 4.68. The Bertz CT molecular complexity index is 470. The lowest BCUT2D eigenvalue weighted by Gasteiger charge is -2.16. The summed E-state index contributed by atoms with van der Waals surface area (Å²) in [4.78, 5) is 11.7. The van der Waals surface area contributed by atoms with Gasteiger partial charge in [-0.25, -0.2) is 0 Å². The summed E-state index contributed by atoms with van der Waals surface area (Å²) in [6, 6.07) is 3.99. The molecule has 1 aromatic rings. The molecule has 1 heterocycles. The molecule has 18 heavy (non-hydrogen) atoms. The first-order valence-electron chi connectivity index (χ1n) is 6.23. The number of benzene rings is 1. The fraction of sp³-hybridized carbons (Fsp3) is 0.500. The Labute approximate surface area is 107 Å². The van der Waals surface area contributed by atoms with Crippen LogP contribution in [0.5, 0.6) is 0 Å². The number of fused-ring (bicyclic) bond motifs is 1. The van der Waals surface area contributed by atoms with Crippen molar-refractivity contribution < 1.29 is 14.6 Å². The van der Waals surface area contributed by atoms with Gasteiger partial charge in [-0.1, -0.05) is 19.1 Å². The lowest BCUT2D eigenvalue weighted by atomic mass is 9.94. The molecule has 0 radical (unpaired) electrons. The van der Waals surface area contributed by atoms with Gasteiger partial charge in [0.25, 0.3) is 0 Å². The van der Waals surface area contributed by atoms with Crippen LogP contribution in [0.4, 0.5) is 5.69 Å². The van der Waals surface area contributed by atoms with Crippen molar-refractivity contribution in [1.82, 2.24) is 0 Å². The standard InChI is InChI=1S/C14H19NO3/c1-4-9-5-10-8(2)14(17)15-13(10)11(6-9)12(16)7-18-3/h5-6,8,12,16H,4,7H2,1-3H3,(H,15,17). The van der Waals surface area contributed by atoms with Gasteiger partial charge >= 0.3 is 0 Å². The van der Waals surface area contributed by atoms with Gasteiger partial charge in [-0.2, -0.15) is 0 Å². The van der Waals surface area contributed by atoms with Crippen LogP contribution in [0.3, 0.4) is 0 Å². The molecule has 0 saturated heterocycles. The number of hydrogen-bond donors (Lipinski definition) is 2. The number of carbonyl (C=O) groups is 1. The van der Waals surface area contributed by atoms with E-state index in [1.165, 1.54) is 0 Å². The highest BCUT2D eigenvalue weighted by Crippen LogP contribution is 2.38. The summed E-state index contributed by atoms with van der Waals surface area (Å²) in [5.41, 5.74) is 3.62. The molecule has 4 nitrogen and oxygen atoms in total. The maximum atomic E-state index is 11.7. The first kappa shape index (κ1) is 13.1. The molecule has 1 aliphatic rings. The highest BCUT2D eigenvalue weighted by atomic mass is 16.5. The van der Waals surface area contributed by atoms with Crippen molar-refractivity contribution in [3.63, 3.8) is 0 Å². The van der Waals surface area contributed by atoms with Gasteiger partial charge in [0.2, 0.25) is 5.91 Å². The topological polar surface area (TPSA) is 58.6 Å². The van der Waals surface area contributed by atoms with E-state index in [0.29, 0.717) is 0 Å². The van der Waals surface area contributed by atoms with Crippen molar-refractivity contribution in [3.8, 4) is 0 Å². The highest BCUT2D eigenvalue weighted by molar-refractivity contribution is 6.03. The number of aliphatic hydroxyl groups is 1. The average Bonchev–Trinajstić information content (AvgIpc) is 2.65. The summed E-state index contributed by atoms with van der Waals surface area (Å²) in [6.07, 6.45) is 0.168. The normalized spacial score (nSPS) is 19.6. The van der Waals surface area contributed by atoms with Crippen LogP contribution < -0.4 is 5.32 Å². The lowest BCUT2D eigenvalue weighted by Crippen LogP contribution is -2.11. The minimum absolute atomic E-state index is 0.0101. The van der Waals surface area contributed by atoms with Crippen molar-refractivity contribution in [1.29, 1.82) is 0 Å². The maximum absolute atomic E-state index is 11.7. The largest absolute Gasteiger partial charge is 0.386 e. The van der Waals surface area contributed by atoms with Crippen LogP contribution in [-0.4, -0.2) is 24.7 Å². The monoisotopic (exact) mass is 249 g/mol. The summed E-state index contributed by atoms with van der Waals surface area (Å²) in [6.45, 7) is 4.17. The molecular weight excluding hydrogens is 230 g/mol. The molecule has 2 N–H and O–H groups in total. The molecule has 2 rings (SSSR count). The Balaban J connectivity index is 2.50. The SMILES string of the molecule is CCc1cc(C(O)COC)c2c(c1)C(C)C(=O)N2. The van der Waals surface area contributed by atoms with Gasteiger partial charge in [-0.05, 0) is 24.5 Å². The van der Waals surface area contributed by atoms with Crippen LogP contribution in [-0.2, 0) is 16.0 Å². The molecule has 0 spiro atoms. The molecule has 1 amide bonds. The van der Waals surface area contributed by atoms with Gasteiger partial charge in [-0.3, -0.25) is 4.79 Å². The van der Waals surface area contributed by atoms with Crippen LogP contribution in [0.1, 0.15) is 42.6 Å². The van der Waals surface area contributed by atoms with Gasteiger partial charge in [0.05, 0.1) is 18.2 Å². The number of rotatable bonds is 4. The molecule has 1 aromatic carbocycles. The van der Waals surface area contributed by atoms with Crippen LogP contribution in [0.25, 0.3) is 0 Å². The van der Waals surface area contributed by atoms with Gasteiger partial charge in [0.1, 0.15) is 6.10 Å². The Morgan fingerprint density at radius 3 is 2.83 bits per heavy atom. The quantitative estimate of drug-likeness (QED) is 0.858. The van der Waals surface area contributed by atoms with E-state index in [1.54, 1.807) is 7.11 Å². The average molecular weight is 249 g/mol. The number of nitrogens with one attached hydrogen (secondary N) is 1. The molecule has 98 valence electrons. The zero-order valence-electron chi connectivity index (χ0n) is 11.0. The highest BCUT2D eigenvalue weighted by Gasteiger charge is 2.30. The third kappa shape index (κ3) is 2.13. The summed E-state index contributed by atoms with van der Waals surface area (Å²) in [7, 11) is 1.55. The first-order valence-corrected chi connectivity index (χ1v) is 6.23. The van der Waals surface area contributed by atoms with Gasteiger partial charge in [0.15, 0.2) is 0 Å². The molecule has 1 aliphatic heterocycles. The summed E-state index contributed by atoms with van der Waals surface area (Å²) >= 11 is 0. The first-order chi connectivity index (χ1) is 8.58.